The maximum absolute atomic E-state index is 13.4. The molecule has 1 aliphatic rings. The average molecular weight is 517 g/mol. The summed E-state index contributed by atoms with van der Waals surface area (Å²) in [6, 6.07) is 9.00. The lowest BCUT2D eigenvalue weighted by atomic mass is 9.94. The summed E-state index contributed by atoms with van der Waals surface area (Å²) < 4.78 is 18.9. The molecule has 0 fully saturated rings. The molecule has 1 atom stereocenters. The summed E-state index contributed by atoms with van der Waals surface area (Å²) in [6.07, 6.45) is 0.720. The van der Waals surface area contributed by atoms with Crippen LogP contribution >= 0.6 is 11.6 Å². The van der Waals surface area contributed by atoms with Crippen molar-refractivity contribution in [1.29, 1.82) is 0 Å². The molecule has 2 aromatic rings. The minimum Gasteiger partial charge on any atom is -0.462 e. The summed E-state index contributed by atoms with van der Waals surface area (Å²) in [5.74, 6) is -0.940. The first kappa shape index (κ1) is 27.0. The van der Waals surface area contributed by atoms with Gasteiger partial charge in [0, 0.05) is 23.6 Å². The van der Waals surface area contributed by atoms with Crippen molar-refractivity contribution in [3.05, 3.63) is 70.1 Å². The van der Waals surface area contributed by atoms with Crippen molar-refractivity contribution in [1.82, 2.24) is 10.2 Å². The highest BCUT2D eigenvalue weighted by Crippen LogP contribution is 2.32. The zero-order valence-corrected chi connectivity index (χ0v) is 21.4. The Morgan fingerprint density at radius 2 is 1.86 bits per heavy atom. The zero-order valence-electron chi connectivity index (χ0n) is 20.7. The molecule has 0 bridgehead atoms. The summed E-state index contributed by atoms with van der Waals surface area (Å²) in [7, 11) is 0. The van der Waals surface area contributed by atoms with E-state index in [1.54, 1.807) is 31.2 Å². The SMILES string of the molecule is CCCN1C(=O)NC(c2cccc(NC(=O)Nc3ccc(F)c(Cl)c3)c2)C(C(=O)OCC(C)C)=C1C. The van der Waals surface area contributed by atoms with Crippen LogP contribution in [-0.2, 0) is 9.53 Å². The quantitative estimate of drug-likeness (QED) is 0.370. The third-order valence-corrected chi connectivity index (χ3v) is 5.76. The van der Waals surface area contributed by atoms with Crippen LogP contribution in [0.25, 0.3) is 0 Å². The van der Waals surface area contributed by atoms with Crippen LogP contribution < -0.4 is 16.0 Å². The number of hydrogen-bond acceptors (Lipinski definition) is 4. The van der Waals surface area contributed by atoms with Gasteiger partial charge in [0.1, 0.15) is 5.82 Å². The van der Waals surface area contributed by atoms with Gasteiger partial charge >= 0.3 is 18.0 Å². The third-order valence-electron chi connectivity index (χ3n) is 5.47. The topological polar surface area (TPSA) is 99.8 Å². The van der Waals surface area contributed by atoms with Crippen molar-refractivity contribution >= 4 is 41.0 Å². The maximum atomic E-state index is 13.4. The Hall–Kier alpha value is -3.59. The number of hydrogen-bond donors (Lipinski definition) is 3. The van der Waals surface area contributed by atoms with Crippen LogP contribution in [0, 0.1) is 11.7 Å². The van der Waals surface area contributed by atoms with Gasteiger partial charge in [-0.25, -0.2) is 18.8 Å². The molecule has 0 spiro atoms. The van der Waals surface area contributed by atoms with Gasteiger partial charge in [0.25, 0.3) is 0 Å². The molecule has 3 rings (SSSR count). The molecule has 0 aliphatic carbocycles. The summed E-state index contributed by atoms with van der Waals surface area (Å²) in [4.78, 5) is 40.0. The molecule has 3 N–H and O–H groups in total. The molecule has 0 saturated carbocycles. The number of urea groups is 2. The Kier molecular flexibility index (Phi) is 8.93. The first-order chi connectivity index (χ1) is 17.1. The Balaban J connectivity index is 1.86. The van der Waals surface area contributed by atoms with Gasteiger partial charge in [0.15, 0.2) is 0 Å². The number of nitrogens with zero attached hydrogens (tertiary/aromatic N) is 1. The second-order valence-corrected chi connectivity index (χ2v) is 9.27. The number of ether oxygens (including phenoxy) is 1. The number of carbonyl (C=O) groups is 3. The molecule has 192 valence electrons. The molecule has 8 nitrogen and oxygen atoms in total. The van der Waals surface area contributed by atoms with Crippen LogP contribution in [0.5, 0.6) is 0 Å². The number of rotatable bonds is 8. The van der Waals surface area contributed by atoms with Crippen molar-refractivity contribution in [3.8, 4) is 0 Å². The summed E-state index contributed by atoms with van der Waals surface area (Å²) in [5, 5.41) is 8.07. The molecule has 4 amide bonds. The van der Waals surface area contributed by atoms with E-state index >= 15 is 0 Å². The van der Waals surface area contributed by atoms with Crippen molar-refractivity contribution in [2.24, 2.45) is 5.92 Å². The molecule has 1 aliphatic heterocycles. The van der Waals surface area contributed by atoms with E-state index in [-0.39, 0.29) is 23.6 Å². The predicted molar refractivity (Wildman–Crippen MR) is 137 cm³/mol. The van der Waals surface area contributed by atoms with Crippen molar-refractivity contribution in [2.45, 2.75) is 40.2 Å². The second-order valence-electron chi connectivity index (χ2n) is 8.86. The second kappa shape index (κ2) is 11.9. The molecule has 1 unspecified atom stereocenters. The van der Waals surface area contributed by atoms with E-state index in [0.29, 0.717) is 34.8 Å². The van der Waals surface area contributed by atoms with E-state index in [4.69, 9.17) is 16.3 Å². The fourth-order valence-corrected chi connectivity index (χ4v) is 3.95. The van der Waals surface area contributed by atoms with Gasteiger partial charge in [0.2, 0.25) is 0 Å². The van der Waals surface area contributed by atoms with Gasteiger partial charge in [-0.2, -0.15) is 0 Å². The first-order valence-electron chi connectivity index (χ1n) is 11.7. The van der Waals surface area contributed by atoms with Gasteiger partial charge in [-0.1, -0.05) is 44.5 Å². The Labute approximate surface area is 214 Å². The number of carbonyl (C=O) groups excluding carboxylic acids is 3. The van der Waals surface area contributed by atoms with Crippen LogP contribution in [-0.4, -0.2) is 36.1 Å². The Morgan fingerprint density at radius 1 is 1.17 bits per heavy atom. The molecule has 1 heterocycles. The predicted octanol–water partition coefficient (Wildman–Crippen LogP) is 6.07. The maximum Gasteiger partial charge on any atom is 0.338 e. The smallest absolute Gasteiger partial charge is 0.338 e. The Morgan fingerprint density at radius 3 is 2.50 bits per heavy atom. The molecule has 0 aromatic heterocycles. The number of esters is 1. The normalized spacial score (nSPS) is 15.6. The minimum absolute atomic E-state index is 0.112. The van der Waals surface area contributed by atoms with Crippen LogP contribution in [0.1, 0.15) is 45.7 Å². The average Bonchev–Trinajstić information content (AvgIpc) is 2.82. The lowest BCUT2D eigenvalue weighted by Gasteiger charge is -2.35. The van der Waals surface area contributed by atoms with Crippen LogP contribution in [0.3, 0.4) is 0 Å². The lowest BCUT2D eigenvalue weighted by Crippen LogP contribution is -2.48. The van der Waals surface area contributed by atoms with E-state index in [1.807, 2.05) is 20.8 Å². The fourth-order valence-electron chi connectivity index (χ4n) is 3.77. The van der Waals surface area contributed by atoms with Gasteiger partial charge in [-0.3, -0.25) is 4.90 Å². The molecule has 36 heavy (non-hydrogen) atoms. The van der Waals surface area contributed by atoms with Crippen molar-refractivity contribution in [2.75, 3.05) is 23.8 Å². The lowest BCUT2D eigenvalue weighted by molar-refractivity contribution is -0.140. The number of amides is 4. The largest absolute Gasteiger partial charge is 0.462 e. The molecule has 0 saturated heterocycles. The molecular weight excluding hydrogens is 487 g/mol. The van der Waals surface area contributed by atoms with E-state index in [0.717, 1.165) is 12.5 Å². The number of allylic oxidation sites excluding steroid dienone is 1. The van der Waals surface area contributed by atoms with E-state index in [9.17, 15) is 18.8 Å². The third kappa shape index (κ3) is 6.54. The zero-order chi connectivity index (χ0) is 26.4. The Bertz CT molecular complexity index is 1180. The van der Waals surface area contributed by atoms with Crippen molar-refractivity contribution < 1.29 is 23.5 Å². The highest BCUT2D eigenvalue weighted by molar-refractivity contribution is 6.31. The van der Waals surface area contributed by atoms with Gasteiger partial charge in [-0.15, -0.1) is 0 Å². The van der Waals surface area contributed by atoms with E-state index in [1.165, 1.54) is 17.0 Å². The minimum atomic E-state index is -0.758. The summed E-state index contributed by atoms with van der Waals surface area (Å²) in [5.41, 5.74) is 2.21. The monoisotopic (exact) mass is 516 g/mol. The molecule has 0 radical (unpaired) electrons. The van der Waals surface area contributed by atoms with Gasteiger partial charge < -0.3 is 20.7 Å². The number of anilines is 2. The fraction of sp³-hybridized carbons (Fsp3) is 0.346. The molecule has 10 heteroatoms. The molecule has 2 aromatic carbocycles. The van der Waals surface area contributed by atoms with E-state index in [2.05, 4.69) is 16.0 Å². The van der Waals surface area contributed by atoms with Crippen LogP contribution in [0.2, 0.25) is 5.02 Å². The standard InChI is InChI=1S/C26H30ClFN4O4/c1-5-11-32-16(4)22(24(33)36-14-15(2)3)23(31-26(32)35)17-7-6-8-18(12-17)29-25(34)30-19-9-10-21(28)20(27)13-19/h6-10,12-13,15,23H,5,11,14H2,1-4H3,(H,31,35)(H2,29,30,34). The van der Waals surface area contributed by atoms with E-state index < -0.39 is 23.9 Å². The highest BCUT2D eigenvalue weighted by atomic mass is 35.5. The summed E-state index contributed by atoms with van der Waals surface area (Å²) >= 11 is 5.77. The highest BCUT2D eigenvalue weighted by Gasteiger charge is 2.36. The van der Waals surface area contributed by atoms with Crippen LogP contribution in [0.15, 0.2) is 53.7 Å². The van der Waals surface area contributed by atoms with Gasteiger partial charge in [-0.05, 0) is 55.2 Å². The van der Waals surface area contributed by atoms with Gasteiger partial charge in [0.05, 0.1) is 23.2 Å². The first-order valence-corrected chi connectivity index (χ1v) is 12.1. The molecular formula is C26H30ClFN4O4. The van der Waals surface area contributed by atoms with Crippen LogP contribution in [0.4, 0.5) is 25.4 Å². The number of halogens is 2. The van der Waals surface area contributed by atoms with Crippen molar-refractivity contribution in [3.63, 3.8) is 0 Å². The number of benzene rings is 2. The summed E-state index contributed by atoms with van der Waals surface area (Å²) in [6.45, 7) is 8.27. The number of nitrogens with one attached hydrogen (secondary N) is 3.